The molecule has 1 aliphatic rings. The minimum Gasteiger partial charge on any atom is -0.291 e. The van der Waals surface area contributed by atoms with Crippen LogP contribution in [0.3, 0.4) is 0 Å². The third-order valence-electron chi connectivity index (χ3n) is 2.38. The van der Waals surface area contributed by atoms with E-state index < -0.39 is 0 Å². The van der Waals surface area contributed by atoms with Crippen molar-refractivity contribution < 1.29 is 0 Å². The normalized spacial score (nSPS) is 22.3. The lowest BCUT2D eigenvalue weighted by atomic mass is 10.0. The topological polar surface area (TPSA) is 3.24 Å². The molecule has 0 amide bonds. The summed E-state index contributed by atoms with van der Waals surface area (Å²) < 4.78 is 0. The highest BCUT2D eigenvalue weighted by Crippen LogP contribution is 2.19. The maximum Gasteiger partial charge on any atom is 0.0307 e. The first-order valence-corrected chi connectivity index (χ1v) is 5.55. The van der Waals surface area contributed by atoms with Gasteiger partial charge in [-0.1, -0.05) is 39.8 Å². The first-order chi connectivity index (χ1) is 6.13. The molecule has 1 heteroatoms. The minimum atomic E-state index is 0.676. The van der Waals surface area contributed by atoms with Gasteiger partial charge in [-0.3, -0.25) is 4.90 Å². The summed E-state index contributed by atoms with van der Waals surface area (Å²) in [6.45, 7) is 14.2. The van der Waals surface area contributed by atoms with Crippen molar-refractivity contribution in [3.63, 3.8) is 0 Å². The Kier molecular flexibility index (Phi) is 6.06. The second-order valence-electron chi connectivity index (χ2n) is 3.95. The summed E-state index contributed by atoms with van der Waals surface area (Å²) in [5.41, 5.74) is 0. The first-order valence-electron chi connectivity index (χ1n) is 5.55. The average molecular weight is 183 g/mol. The molecule has 0 radical (unpaired) electrons. The third kappa shape index (κ3) is 3.51. The number of nitrogens with zero attached hydrogens (tertiary/aromatic N) is 1. The van der Waals surface area contributed by atoms with Gasteiger partial charge in [-0.15, -0.1) is 0 Å². The van der Waals surface area contributed by atoms with Gasteiger partial charge in [0.1, 0.15) is 0 Å². The molecule has 13 heavy (non-hydrogen) atoms. The van der Waals surface area contributed by atoms with E-state index in [0.717, 1.165) is 12.5 Å². The van der Waals surface area contributed by atoms with Crippen LogP contribution in [0.5, 0.6) is 0 Å². The summed E-state index contributed by atoms with van der Waals surface area (Å²) in [7, 11) is 0. The van der Waals surface area contributed by atoms with Crippen LogP contribution in [-0.4, -0.2) is 23.5 Å². The van der Waals surface area contributed by atoms with Crippen LogP contribution >= 0.6 is 0 Å². The zero-order valence-corrected chi connectivity index (χ0v) is 10.0. The van der Waals surface area contributed by atoms with Gasteiger partial charge in [0, 0.05) is 18.6 Å². The van der Waals surface area contributed by atoms with Crippen LogP contribution in [0.1, 0.15) is 41.5 Å². The molecular weight excluding hydrogens is 158 g/mol. The van der Waals surface area contributed by atoms with Gasteiger partial charge in [-0.25, -0.2) is 0 Å². The molecule has 78 valence electrons. The molecule has 0 spiro atoms. The first kappa shape index (κ1) is 12.7. The largest absolute Gasteiger partial charge is 0.291 e. The molecule has 0 aliphatic carbocycles. The molecule has 1 atom stereocenters. The number of rotatable bonds is 2. The molecule has 0 fully saturated rings. The SMILES string of the molecule is CC.CC(C)C1C=CCN1C(C)C. The molecule has 0 saturated carbocycles. The molecule has 1 aliphatic heterocycles. The van der Waals surface area contributed by atoms with Crippen molar-refractivity contribution >= 4 is 0 Å². The molecule has 0 aromatic carbocycles. The molecule has 1 nitrogen and oxygen atoms in total. The van der Waals surface area contributed by atoms with Crippen LogP contribution in [-0.2, 0) is 0 Å². The van der Waals surface area contributed by atoms with Crippen LogP contribution in [0, 0.1) is 5.92 Å². The second kappa shape index (κ2) is 6.20. The number of hydrogen-bond donors (Lipinski definition) is 0. The quantitative estimate of drug-likeness (QED) is 0.594. The Morgan fingerprint density at radius 1 is 1.15 bits per heavy atom. The fraction of sp³-hybridized carbons (Fsp3) is 0.833. The van der Waals surface area contributed by atoms with E-state index >= 15 is 0 Å². The zero-order valence-electron chi connectivity index (χ0n) is 10.0. The Hall–Kier alpha value is -0.300. The summed E-state index contributed by atoms with van der Waals surface area (Å²) in [4.78, 5) is 2.53. The van der Waals surface area contributed by atoms with Crippen LogP contribution in [0.15, 0.2) is 12.2 Å². The third-order valence-corrected chi connectivity index (χ3v) is 2.38. The summed E-state index contributed by atoms with van der Waals surface area (Å²) in [6.07, 6.45) is 4.62. The molecule has 0 N–H and O–H groups in total. The van der Waals surface area contributed by atoms with Gasteiger partial charge < -0.3 is 0 Å². The lowest BCUT2D eigenvalue weighted by molar-refractivity contribution is 0.183. The van der Waals surface area contributed by atoms with E-state index in [1.807, 2.05) is 13.8 Å². The van der Waals surface area contributed by atoms with Crippen LogP contribution in [0.25, 0.3) is 0 Å². The molecule has 0 aromatic rings. The molecule has 1 rings (SSSR count). The van der Waals surface area contributed by atoms with Crippen molar-refractivity contribution in [2.45, 2.75) is 53.6 Å². The van der Waals surface area contributed by atoms with Crippen molar-refractivity contribution in [1.29, 1.82) is 0 Å². The van der Waals surface area contributed by atoms with Gasteiger partial charge >= 0.3 is 0 Å². The summed E-state index contributed by atoms with van der Waals surface area (Å²) in [5.74, 6) is 0.746. The molecule has 1 unspecified atom stereocenters. The second-order valence-corrected chi connectivity index (χ2v) is 3.95. The fourth-order valence-electron chi connectivity index (χ4n) is 1.71. The van der Waals surface area contributed by atoms with Gasteiger partial charge in [-0.2, -0.15) is 0 Å². The van der Waals surface area contributed by atoms with Gasteiger partial charge in [-0.05, 0) is 19.8 Å². The predicted octanol–water partition coefficient (Wildman–Crippen LogP) is 3.32. The summed E-state index contributed by atoms with van der Waals surface area (Å²) in [5, 5.41) is 0. The Labute approximate surface area is 83.8 Å². The monoisotopic (exact) mass is 183 g/mol. The van der Waals surface area contributed by atoms with E-state index in [-0.39, 0.29) is 0 Å². The van der Waals surface area contributed by atoms with E-state index in [0.29, 0.717) is 12.1 Å². The van der Waals surface area contributed by atoms with E-state index in [2.05, 4.69) is 44.7 Å². The molecule has 1 heterocycles. The summed E-state index contributed by atoms with van der Waals surface area (Å²) in [6, 6.07) is 1.35. The Morgan fingerprint density at radius 2 is 1.69 bits per heavy atom. The van der Waals surface area contributed by atoms with E-state index in [4.69, 9.17) is 0 Å². The van der Waals surface area contributed by atoms with Crippen LogP contribution in [0.2, 0.25) is 0 Å². The Morgan fingerprint density at radius 3 is 2.00 bits per heavy atom. The molecular formula is C12H25N. The Bertz CT molecular complexity index is 147. The maximum absolute atomic E-state index is 2.53. The van der Waals surface area contributed by atoms with Crippen molar-refractivity contribution in [3.05, 3.63) is 12.2 Å². The molecule has 0 aromatic heterocycles. The van der Waals surface area contributed by atoms with Gasteiger partial charge in [0.2, 0.25) is 0 Å². The van der Waals surface area contributed by atoms with Crippen molar-refractivity contribution in [2.24, 2.45) is 5.92 Å². The van der Waals surface area contributed by atoms with Crippen molar-refractivity contribution in [3.8, 4) is 0 Å². The highest BCUT2D eigenvalue weighted by atomic mass is 15.2. The molecule has 0 bridgehead atoms. The number of hydrogen-bond acceptors (Lipinski definition) is 1. The van der Waals surface area contributed by atoms with E-state index in [9.17, 15) is 0 Å². The summed E-state index contributed by atoms with van der Waals surface area (Å²) >= 11 is 0. The predicted molar refractivity (Wildman–Crippen MR) is 61.0 cm³/mol. The minimum absolute atomic E-state index is 0.676. The lowest BCUT2D eigenvalue weighted by Crippen LogP contribution is -2.38. The van der Waals surface area contributed by atoms with Crippen LogP contribution < -0.4 is 0 Å². The Balaban J connectivity index is 0.000000671. The van der Waals surface area contributed by atoms with Gasteiger partial charge in [0.05, 0.1) is 0 Å². The van der Waals surface area contributed by atoms with Gasteiger partial charge in [0.15, 0.2) is 0 Å². The molecule has 0 saturated heterocycles. The maximum atomic E-state index is 2.53. The smallest absolute Gasteiger partial charge is 0.0307 e. The highest BCUT2D eigenvalue weighted by molar-refractivity contribution is 5.05. The van der Waals surface area contributed by atoms with E-state index in [1.165, 1.54) is 0 Å². The van der Waals surface area contributed by atoms with Crippen molar-refractivity contribution in [2.75, 3.05) is 6.54 Å². The fourth-order valence-corrected chi connectivity index (χ4v) is 1.71. The van der Waals surface area contributed by atoms with Gasteiger partial charge in [0.25, 0.3) is 0 Å². The van der Waals surface area contributed by atoms with E-state index in [1.54, 1.807) is 0 Å². The average Bonchev–Trinajstić information content (AvgIpc) is 2.55. The highest BCUT2D eigenvalue weighted by Gasteiger charge is 2.23. The lowest BCUT2D eigenvalue weighted by Gasteiger charge is -2.30. The van der Waals surface area contributed by atoms with Crippen LogP contribution in [0.4, 0.5) is 0 Å². The zero-order chi connectivity index (χ0) is 10.4. The van der Waals surface area contributed by atoms with Crippen molar-refractivity contribution in [1.82, 2.24) is 4.90 Å². The standard InChI is InChI=1S/C10H19N.C2H6/c1-8(2)10-6-5-7-11(10)9(3)4;1-2/h5-6,8-10H,7H2,1-4H3;1-2H3.